The second-order valence-electron chi connectivity index (χ2n) is 5.25. The van der Waals surface area contributed by atoms with Gasteiger partial charge >= 0.3 is 5.97 Å². The van der Waals surface area contributed by atoms with Crippen molar-refractivity contribution in [3.8, 4) is 0 Å². The summed E-state index contributed by atoms with van der Waals surface area (Å²) in [6.07, 6.45) is 0.952. The fourth-order valence-electron chi connectivity index (χ4n) is 2.28. The van der Waals surface area contributed by atoms with E-state index in [4.69, 9.17) is 0 Å². The highest BCUT2D eigenvalue weighted by atomic mass is 32.2. The molecule has 108 valence electrons. The Balaban J connectivity index is 2.20. The van der Waals surface area contributed by atoms with Gasteiger partial charge in [-0.3, -0.25) is 4.79 Å². The molecule has 0 spiro atoms. The maximum absolute atomic E-state index is 12.3. The maximum atomic E-state index is 12.3. The standard InChI is InChI=1S/C15H19NO3S/c1-10-3-4-12(9-11(10)2)13(17)16-15(14(18)19)5-7-20-8-6-15/h3-4,9H,5-8H2,1-2H3,(H,16,17)(H,18,19). The van der Waals surface area contributed by atoms with Gasteiger partial charge in [0.2, 0.25) is 0 Å². The molecule has 1 aromatic rings. The van der Waals surface area contributed by atoms with E-state index in [2.05, 4.69) is 5.32 Å². The van der Waals surface area contributed by atoms with Crippen molar-refractivity contribution < 1.29 is 14.7 Å². The molecule has 1 heterocycles. The molecule has 0 aromatic heterocycles. The summed E-state index contributed by atoms with van der Waals surface area (Å²) in [5.41, 5.74) is 1.55. The van der Waals surface area contributed by atoms with Gasteiger partial charge < -0.3 is 10.4 Å². The van der Waals surface area contributed by atoms with E-state index in [1.54, 1.807) is 23.9 Å². The number of hydrogen-bond acceptors (Lipinski definition) is 3. The van der Waals surface area contributed by atoms with Gasteiger partial charge in [-0.25, -0.2) is 4.79 Å². The fourth-order valence-corrected chi connectivity index (χ4v) is 3.47. The first-order valence-electron chi connectivity index (χ1n) is 6.65. The third kappa shape index (κ3) is 2.98. The first kappa shape index (κ1) is 14.9. The molecular weight excluding hydrogens is 274 g/mol. The molecule has 5 heteroatoms. The lowest BCUT2D eigenvalue weighted by Crippen LogP contribution is -2.56. The lowest BCUT2D eigenvalue weighted by atomic mass is 9.91. The Morgan fingerprint density at radius 1 is 1.20 bits per heavy atom. The number of benzene rings is 1. The number of carboxylic acids is 1. The summed E-state index contributed by atoms with van der Waals surface area (Å²) in [6.45, 7) is 3.92. The zero-order chi connectivity index (χ0) is 14.8. The van der Waals surface area contributed by atoms with Crippen LogP contribution in [-0.2, 0) is 4.79 Å². The molecule has 0 unspecified atom stereocenters. The molecule has 0 bridgehead atoms. The van der Waals surface area contributed by atoms with Crippen LogP contribution in [0.5, 0.6) is 0 Å². The molecular formula is C15H19NO3S. The van der Waals surface area contributed by atoms with Gasteiger partial charge in [0, 0.05) is 5.56 Å². The Morgan fingerprint density at radius 2 is 1.85 bits per heavy atom. The van der Waals surface area contributed by atoms with Gasteiger partial charge in [-0.1, -0.05) is 6.07 Å². The van der Waals surface area contributed by atoms with Crippen molar-refractivity contribution in [2.24, 2.45) is 0 Å². The number of hydrogen-bond donors (Lipinski definition) is 2. The summed E-state index contributed by atoms with van der Waals surface area (Å²) in [4.78, 5) is 23.8. The van der Waals surface area contributed by atoms with Crippen molar-refractivity contribution >= 4 is 23.6 Å². The van der Waals surface area contributed by atoms with E-state index >= 15 is 0 Å². The molecule has 4 nitrogen and oxygen atoms in total. The normalized spacial score (nSPS) is 17.5. The van der Waals surface area contributed by atoms with Gasteiger partial charge in [0.05, 0.1) is 0 Å². The SMILES string of the molecule is Cc1ccc(C(=O)NC2(C(=O)O)CCSCC2)cc1C. The molecule has 1 fully saturated rings. The van der Waals surface area contributed by atoms with Crippen molar-refractivity contribution in [3.63, 3.8) is 0 Å². The zero-order valence-corrected chi connectivity index (χ0v) is 12.5. The Kier molecular flexibility index (Phi) is 4.38. The number of aryl methyl sites for hydroxylation is 2. The van der Waals surface area contributed by atoms with Crippen LogP contribution in [0, 0.1) is 13.8 Å². The van der Waals surface area contributed by atoms with E-state index in [0.29, 0.717) is 18.4 Å². The van der Waals surface area contributed by atoms with E-state index in [9.17, 15) is 14.7 Å². The first-order valence-corrected chi connectivity index (χ1v) is 7.81. The average Bonchev–Trinajstić information content (AvgIpc) is 2.42. The van der Waals surface area contributed by atoms with Crippen molar-refractivity contribution in [1.29, 1.82) is 0 Å². The predicted molar refractivity (Wildman–Crippen MR) is 80.3 cm³/mol. The van der Waals surface area contributed by atoms with E-state index in [1.807, 2.05) is 19.9 Å². The number of carbonyl (C=O) groups excluding carboxylic acids is 1. The number of carboxylic acid groups (broad SMARTS) is 1. The van der Waals surface area contributed by atoms with Crippen LogP contribution in [0.3, 0.4) is 0 Å². The van der Waals surface area contributed by atoms with Gasteiger partial charge in [0.25, 0.3) is 5.91 Å². The smallest absolute Gasteiger partial charge is 0.329 e. The van der Waals surface area contributed by atoms with Crippen molar-refractivity contribution in [2.45, 2.75) is 32.2 Å². The highest BCUT2D eigenvalue weighted by molar-refractivity contribution is 7.99. The van der Waals surface area contributed by atoms with Gasteiger partial charge in [-0.2, -0.15) is 11.8 Å². The number of aliphatic carboxylic acids is 1. The molecule has 0 saturated carbocycles. The van der Waals surface area contributed by atoms with E-state index in [-0.39, 0.29) is 5.91 Å². The minimum atomic E-state index is -1.11. The second kappa shape index (κ2) is 5.87. The Hall–Kier alpha value is -1.49. The van der Waals surface area contributed by atoms with Gasteiger partial charge in [-0.15, -0.1) is 0 Å². The maximum Gasteiger partial charge on any atom is 0.329 e. The number of rotatable bonds is 3. The van der Waals surface area contributed by atoms with E-state index < -0.39 is 11.5 Å². The molecule has 0 radical (unpaired) electrons. The summed E-state index contributed by atoms with van der Waals surface area (Å²) in [5.74, 6) is 0.288. The minimum absolute atomic E-state index is 0.303. The predicted octanol–water partition coefficient (Wildman–Crippen LogP) is 2.38. The van der Waals surface area contributed by atoms with E-state index in [0.717, 1.165) is 22.6 Å². The Labute approximate surface area is 123 Å². The fraction of sp³-hybridized carbons (Fsp3) is 0.467. The van der Waals surface area contributed by atoms with Crippen LogP contribution in [0.2, 0.25) is 0 Å². The molecule has 1 aliphatic rings. The van der Waals surface area contributed by atoms with Crippen molar-refractivity contribution in [1.82, 2.24) is 5.32 Å². The van der Waals surface area contributed by atoms with Crippen LogP contribution in [0.15, 0.2) is 18.2 Å². The number of carbonyl (C=O) groups is 2. The highest BCUT2D eigenvalue weighted by Gasteiger charge is 2.41. The topological polar surface area (TPSA) is 66.4 Å². The lowest BCUT2D eigenvalue weighted by Gasteiger charge is -2.33. The number of amides is 1. The summed E-state index contributed by atoms with van der Waals surface area (Å²) in [5, 5.41) is 12.2. The van der Waals surface area contributed by atoms with Crippen LogP contribution in [0.4, 0.5) is 0 Å². The van der Waals surface area contributed by atoms with Gasteiger partial charge in [0.15, 0.2) is 0 Å². The van der Waals surface area contributed by atoms with Crippen molar-refractivity contribution in [3.05, 3.63) is 34.9 Å². The number of thioether (sulfide) groups is 1. The molecule has 1 amide bonds. The number of nitrogens with one attached hydrogen (secondary N) is 1. The summed E-state index contributed by atoms with van der Waals surface area (Å²) in [7, 11) is 0. The monoisotopic (exact) mass is 293 g/mol. The Morgan fingerprint density at radius 3 is 2.40 bits per heavy atom. The third-order valence-corrected chi connectivity index (χ3v) is 4.86. The molecule has 20 heavy (non-hydrogen) atoms. The Bertz CT molecular complexity index is 536. The van der Waals surface area contributed by atoms with Crippen molar-refractivity contribution in [2.75, 3.05) is 11.5 Å². The quantitative estimate of drug-likeness (QED) is 0.898. The third-order valence-electron chi connectivity index (χ3n) is 3.88. The average molecular weight is 293 g/mol. The van der Waals surface area contributed by atoms with E-state index in [1.165, 1.54) is 0 Å². The summed E-state index contributed by atoms with van der Waals surface area (Å²) >= 11 is 1.73. The molecule has 1 saturated heterocycles. The van der Waals surface area contributed by atoms with Crippen LogP contribution in [-0.4, -0.2) is 34.0 Å². The first-order chi connectivity index (χ1) is 9.44. The minimum Gasteiger partial charge on any atom is -0.480 e. The lowest BCUT2D eigenvalue weighted by molar-refractivity contribution is -0.144. The van der Waals surface area contributed by atoms with Crippen LogP contribution >= 0.6 is 11.8 Å². The molecule has 2 rings (SSSR count). The van der Waals surface area contributed by atoms with Gasteiger partial charge in [-0.05, 0) is 61.5 Å². The molecule has 2 N–H and O–H groups in total. The highest BCUT2D eigenvalue weighted by Crippen LogP contribution is 2.28. The summed E-state index contributed by atoms with van der Waals surface area (Å²) in [6, 6.07) is 5.43. The molecule has 1 aromatic carbocycles. The van der Waals surface area contributed by atoms with Crippen LogP contribution < -0.4 is 5.32 Å². The molecule has 0 atom stereocenters. The molecule has 0 aliphatic carbocycles. The zero-order valence-electron chi connectivity index (χ0n) is 11.7. The largest absolute Gasteiger partial charge is 0.480 e. The molecule has 1 aliphatic heterocycles. The second-order valence-corrected chi connectivity index (χ2v) is 6.48. The van der Waals surface area contributed by atoms with Crippen LogP contribution in [0.25, 0.3) is 0 Å². The summed E-state index contributed by atoms with van der Waals surface area (Å²) < 4.78 is 0. The van der Waals surface area contributed by atoms with Gasteiger partial charge in [0.1, 0.15) is 5.54 Å². The van der Waals surface area contributed by atoms with Crippen LogP contribution in [0.1, 0.15) is 34.3 Å².